The Morgan fingerprint density at radius 2 is 1.97 bits per heavy atom. The number of nitrogens with zero attached hydrogens (tertiary/aromatic N) is 4. The topological polar surface area (TPSA) is 108 Å². The van der Waals surface area contributed by atoms with Crippen molar-refractivity contribution in [1.29, 1.82) is 0 Å². The number of amides is 1. The van der Waals surface area contributed by atoms with Crippen LogP contribution in [-0.4, -0.2) is 50.2 Å². The van der Waals surface area contributed by atoms with E-state index in [0.29, 0.717) is 47.7 Å². The van der Waals surface area contributed by atoms with Crippen LogP contribution < -0.4 is 4.74 Å². The number of benzene rings is 1. The Hall–Kier alpha value is -3.46. The van der Waals surface area contributed by atoms with Gasteiger partial charge in [-0.05, 0) is 70.7 Å². The molecular formula is C28H33ClN4O5. The van der Waals surface area contributed by atoms with E-state index >= 15 is 0 Å². The minimum absolute atomic E-state index is 0.0460. The zero-order chi connectivity index (χ0) is 27.6. The molecule has 3 aromatic rings. The molecule has 0 unspecified atom stereocenters. The first-order valence-electron chi connectivity index (χ1n) is 12.7. The third-order valence-electron chi connectivity index (χ3n) is 6.07. The normalized spacial score (nSPS) is 13.4. The van der Waals surface area contributed by atoms with Crippen molar-refractivity contribution in [3.63, 3.8) is 0 Å². The van der Waals surface area contributed by atoms with E-state index in [1.165, 1.54) is 5.56 Å². The number of esters is 1. The fourth-order valence-electron chi connectivity index (χ4n) is 4.36. The summed E-state index contributed by atoms with van der Waals surface area (Å²) in [6, 6.07) is 5.64. The average Bonchev–Trinajstić information content (AvgIpc) is 3.32. The molecule has 9 nitrogen and oxygen atoms in total. The number of ether oxygens (including phenoxy) is 2. The number of aromatic nitrogens is 3. The number of halogens is 1. The molecule has 1 amide bonds. The molecule has 0 fully saturated rings. The van der Waals surface area contributed by atoms with Crippen LogP contribution >= 0.6 is 11.6 Å². The fraction of sp³-hybridized carbons (Fsp3) is 0.464. The van der Waals surface area contributed by atoms with Gasteiger partial charge < -0.3 is 18.9 Å². The Morgan fingerprint density at radius 3 is 2.66 bits per heavy atom. The van der Waals surface area contributed by atoms with Gasteiger partial charge in [-0.3, -0.25) is 9.59 Å². The Morgan fingerprint density at radius 1 is 1.21 bits per heavy atom. The summed E-state index contributed by atoms with van der Waals surface area (Å²) in [6.45, 7) is 12.3. The first-order chi connectivity index (χ1) is 17.9. The number of hydrogen-bond donors (Lipinski definition) is 0. The van der Waals surface area contributed by atoms with E-state index < -0.39 is 5.60 Å². The summed E-state index contributed by atoms with van der Waals surface area (Å²) >= 11 is 6.32. The largest absolute Gasteiger partial charge is 0.474 e. The van der Waals surface area contributed by atoms with Gasteiger partial charge in [0.25, 0.3) is 5.89 Å². The zero-order valence-corrected chi connectivity index (χ0v) is 23.4. The summed E-state index contributed by atoms with van der Waals surface area (Å²) in [5.41, 5.74) is 4.19. The van der Waals surface area contributed by atoms with Gasteiger partial charge in [0.15, 0.2) is 0 Å². The van der Waals surface area contributed by atoms with Crippen LogP contribution in [0.1, 0.15) is 64.2 Å². The average molecular weight is 541 g/mol. The van der Waals surface area contributed by atoms with Crippen molar-refractivity contribution in [2.24, 2.45) is 0 Å². The number of pyridine rings is 1. The van der Waals surface area contributed by atoms with Gasteiger partial charge in [-0.2, -0.15) is 4.98 Å². The SMILES string of the molecule is Cc1c(-c2noc(-c3cnc(OC(C)C)c(Cl)c3)n2)ccc2c1CCN(C(=O)CCC(=O)OC(C)(C)C)C2. The summed E-state index contributed by atoms with van der Waals surface area (Å²) in [4.78, 5) is 35.4. The number of carbonyl (C=O) groups is 2. The number of carbonyl (C=O) groups excluding carboxylic acids is 2. The first-order valence-corrected chi connectivity index (χ1v) is 13.1. The van der Waals surface area contributed by atoms with Crippen LogP contribution in [0.25, 0.3) is 22.8 Å². The van der Waals surface area contributed by atoms with Gasteiger partial charge >= 0.3 is 5.97 Å². The molecule has 0 N–H and O–H groups in total. The Bertz CT molecular complexity index is 1350. The van der Waals surface area contributed by atoms with Crippen molar-refractivity contribution < 1.29 is 23.6 Å². The van der Waals surface area contributed by atoms with Gasteiger partial charge in [0.05, 0.1) is 18.1 Å². The third kappa shape index (κ3) is 6.51. The van der Waals surface area contributed by atoms with Crippen molar-refractivity contribution in [2.75, 3.05) is 6.54 Å². The van der Waals surface area contributed by atoms with Crippen molar-refractivity contribution in [3.8, 4) is 28.7 Å². The third-order valence-corrected chi connectivity index (χ3v) is 6.34. The summed E-state index contributed by atoms with van der Waals surface area (Å²) in [6.07, 6.45) is 2.46. The van der Waals surface area contributed by atoms with Crippen LogP contribution in [0.5, 0.6) is 5.88 Å². The molecule has 38 heavy (non-hydrogen) atoms. The number of rotatable bonds is 7. The highest BCUT2D eigenvalue weighted by molar-refractivity contribution is 6.32. The van der Waals surface area contributed by atoms with E-state index in [-0.39, 0.29) is 30.8 Å². The molecule has 0 saturated carbocycles. The van der Waals surface area contributed by atoms with Crippen molar-refractivity contribution in [1.82, 2.24) is 20.0 Å². The molecule has 4 rings (SSSR count). The van der Waals surface area contributed by atoms with Crippen molar-refractivity contribution >= 4 is 23.5 Å². The maximum Gasteiger partial charge on any atom is 0.306 e. The maximum atomic E-state index is 12.7. The molecule has 1 aliphatic rings. The lowest BCUT2D eigenvalue weighted by Gasteiger charge is -2.30. The lowest BCUT2D eigenvalue weighted by molar-refractivity contribution is -0.156. The van der Waals surface area contributed by atoms with Gasteiger partial charge in [-0.1, -0.05) is 28.9 Å². The van der Waals surface area contributed by atoms with E-state index in [9.17, 15) is 9.59 Å². The maximum absolute atomic E-state index is 12.7. The molecule has 0 bridgehead atoms. The van der Waals surface area contributed by atoms with E-state index in [4.69, 9.17) is 25.6 Å². The summed E-state index contributed by atoms with van der Waals surface area (Å²) in [7, 11) is 0. The van der Waals surface area contributed by atoms with Gasteiger partial charge in [0, 0.05) is 31.3 Å². The molecule has 0 radical (unpaired) electrons. The number of fused-ring (bicyclic) bond motifs is 1. The lowest BCUT2D eigenvalue weighted by Crippen LogP contribution is -2.36. The molecule has 1 aliphatic heterocycles. The van der Waals surface area contributed by atoms with Crippen LogP contribution in [0.15, 0.2) is 28.9 Å². The molecular weight excluding hydrogens is 508 g/mol. The molecule has 2 aromatic heterocycles. The zero-order valence-electron chi connectivity index (χ0n) is 22.6. The molecule has 1 aromatic carbocycles. The monoisotopic (exact) mass is 540 g/mol. The van der Waals surface area contributed by atoms with Crippen LogP contribution in [0.4, 0.5) is 0 Å². The smallest absolute Gasteiger partial charge is 0.306 e. The van der Waals surface area contributed by atoms with E-state index in [1.54, 1.807) is 17.2 Å². The Labute approximate surface area is 227 Å². The molecule has 0 atom stereocenters. The summed E-state index contributed by atoms with van der Waals surface area (Å²) in [5, 5.41) is 4.55. The minimum Gasteiger partial charge on any atom is -0.474 e. The minimum atomic E-state index is -0.560. The molecule has 0 saturated heterocycles. The predicted octanol–water partition coefficient (Wildman–Crippen LogP) is 5.55. The van der Waals surface area contributed by atoms with Crippen LogP contribution in [0.3, 0.4) is 0 Å². The molecule has 202 valence electrons. The quantitative estimate of drug-likeness (QED) is 0.359. The fourth-order valence-corrected chi connectivity index (χ4v) is 4.57. The highest BCUT2D eigenvalue weighted by Gasteiger charge is 2.25. The summed E-state index contributed by atoms with van der Waals surface area (Å²) in [5.74, 6) is 0.719. The van der Waals surface area contributed by atoms with E-state index in [1.807, 2.05) is 53.7 Å². The molecule has 10 heteroatoms. The van der Waals surface area contributed by atoms with Crippen molar-refractivity contribution in [2.45, 2.75) is 79.1 Å². The van der Waals surface area contributed by atoms with Gasteiger partial charge in [0.1, 0.15) is 10.6 Å². The Kier molecular flexibility index (Phi) is 8.06. The highest BCUT2D eigenvalue weighted by Crippen LogP contribution is 2.33. The second-order valence-corrected chi connectivity index (χ2v) is 11.0. The van der Waals surface area contributed by atoms with Gasteiger partial charge in [-0.15, -0.1) is 0 Å². The van der Waals surface area contributed by atoms with E-state index in [2.05, 4.69) is 15.1 Å². The van der Waals surface area contributed by atoms with Crippen molar-refractivity contribution in [3.05, 3.63) is 46.1 Å². The molecule has 0 spiro atoms. The van der Waals surface area contributed by atoms with E-state index in [0.717, 1.165) is 16.7 Å². The standard InChI is InChI=1S/C28H33ClN4O5/c1-16(2)36-27-22(29)13-19(14-30-27)26-31-25(32-38-26)21-8-7-18-15-33(12-11-20(18)17(21)3)23(34)9-10-24(35)37-28(4,5)6/h7-8,13-14,16H,9-12,15H2,1-6H3. The second-order valence-electron chi connectivity index (χ2n) is 10.6. The second kappa shape index (κ2) is 11.1. The van der Waals surface area contributed by atoms with Crippen LogP contribution in [-0.2, 0) is 27.3 Å². The molecule has 3 heterocycles. The molecule has 0 aliphatic carbocycles. The Balaban J connectivity index is 1.45. The summed E-state index contributed by atoms with van der Waals surface area (Å²) < 4.78 is 16.4. The first kappa shape index (κ1) is 27.6. The van der Waals surface area contributed by atoms with Crippen LogP contribution in [0.2, 0.25) is 5.02 Å². The predicted molar refractivity (Wildman–Crippen MR) is 143 cm³/mol. The van der Waals surface area contributed by atoms with Gasteiger partial charge in [0.2, 0.25) is 17.6 Å². The van der Waals surface area contributed by atoms with Crippen LogP contribution in [0, 0.1) is 6.92 Å². The number of hydrogen-bond acceptors (Lipinski definition) is 8. The lowest BCUT2D eigenvalue weighted by atomic mass is 9.91. The van der Waals surface area contributed by atoms with Gasteiger partial charge in [-0.25, -0.2) is 4.98 Å². The highest BCUT2D eigenvalue weighted by atomic mass is 35.5.